The van der Waals surface area contributed by atoms with Gasteiger partial charge in [0.05, 0.1) is 0 Å². The van der Waals surface area contributed by atoms with Gasteiger partial charge in [0.25, 0.3) is 0 Å². The molecule has 0 aromatic heterocycles. The molecule has 2 rings (SSSR count). The van der Waals surface area contributed by atoms with Gasteiger partial charge in [-0.2, -0.15) is 0 Å². The topological polar surface area (TPSA) is 21.3 Å². The first-order valence-electron chi connectivity index (χ1n) is 7.56. The van der Waals surface area contributed by atoms with Crippen molar-refractivity contribution in [3.63, 3.8) is 0 Å². The number of hydrogen-bond acceptors (Lipinski definition) is 2. The minimum Gasteiger partial charge on any atom is -0.406 e. The van der Waals surface area contributed by atoms with E-state index in [0.29, 0.717) is 11.8 Å². The maximum absolute atomic E-state index is 12.3. The molecule has 0 aliphatic heterocycles. The van der Waals surface area contributed by atoms with Crippen LogP contribution < -0.4 is 10.1 Å². The minimum absolute atomic E-state index is 0.118. The van der Waals surface area contributed by atoms with Crippen molar-refractivity contribution >= 4 is 0 Å². The number of hydrogen-bond donors (Lipinski definition) is 1. The van der Waals surface area contributed by atoms with Gasteiger partial charge >= 0.3 is 6.36 Å². The quantitative estimate of drug-likeness (QED) is 0.783. The standard InChI is InChI=1S/C16H22F3NO/c1-2-9-20-11-13-6-4-8-15(13)12-5-3-7-14(10-12)21-16(17,18)19/h3,5,7,10,13,15,20H,2,4,6,8-9,11H2,1H3. The molecule has 1 aliphatic rings. The largest absolute Gasteiger partial charge is 0.573 e. The van der Waals surface area contributed by atoms with Crippen LogP contribution in [-0.2, 0) is 0 Å². The maximum Gasteiger partial charge on any atom is 0.573 e. The summed E-state index contributed by atoms with van der Waals surface area (Å²) < 4.78 is 40.9. The molecule has 1 aliphatic carbocycles. The minimum atomic E-state index is -4.63. The molecule has 2 atom stereocenters. The zero-order chi connectivity index (χ0) is 15.3. The number of nitrogens with one attached hydrogen (secondary N) is 1. The molecule has 21 heavy (non-hydrogen) atoms. The Kier molecular flexibility index (Phi) is 5.51. The summed E-state index contributed by atoms with van der Waals surface area (Å²) in [5.41, 5.74) is 0.956. The highest BCUT2D eigenvalue weighted by Crippen LogP contribution is 2.40. The van der Waals surface area contributed by atoms with E-state index in [1.807, 2.05) is 6.07 Å². The zero-order valence-electron chi connectivity index (χ0n) is 12.2. The first-order chi connectivity index (χ1) is 9.99. The highest BCUT2D eigenvalue weighted by molar-refractivity contribution is 5.32. The molecule has 1 fully saturated rings. The van der Waals surface area contributed by atoms with Crippen LogP contribution in [0, 0.1) is 5.92 Å². The molecule has 0 radical (unpaired) electrons. The van der Waals surface area contributed by atoms with Crippen LogP contribution in [0.1, 0.15) is 44.1 Å². The number of alkyl halides is 3. The monoisotopic (exact) mass is 301 g/mol. The molecular weight excluding hydrogens is 279 g/mol. The van der Waals surface area contributed by atoms with Crippen molar-refractivity contribution in [2.45, 2.75) is 44.9 Å². The molecule has 1 aromatic carbocycles. The molecular formula is C16H22F3NO. The molecule has 1 N–H and O–H groups in total. The van der Waals surface area contributed by atoms with Gasteiger partial charge in [0.1, 0.15) is 5.75 Å². The van der Waals surface area contributed by atoms with Crippen LogP contribution in [0.25, 0.3) is 0 Å². The van der Waals surface area contributed by atoms with Crippen molar-refractivity contribution in [3.05, 3.63) is 29.8 Å². The summed E-state index contributed by atoms with van der Waals surface area (Å²) in [5, 5.41) is 3.42. The summed E-state index contributed by atoms with van der Waals surface area (Å²) in [5.74, 6) is 0.705. The molecule has 0 heterocycles. The lowest BCUT2D eigenvalue weighted by Crippen LogP contribution is -2.25. The maximum atomic E-state index is 12.3. The summed E-state index contributed by atoms with van der Waals surface area (Å²) in [7, 11) is 0. The van der Waals surface area contributed by atoms with Crippen molar-refractivity contribution < 1.29 is 17.9 Å². The molecule has 1 saturated carbocycles. The average Bonchev–Trinajstić information content (AvgIpc) is 2.86. The molecule has 2 unspecified atom stereocenters. The van der Waals surface area contributed by atoms with Crippen molar-refractivity contribution in [1.82, 2.24) is 5.32 Å². The lowest BCUT2D eigenvalue weighted by atomic mass is 9.88. The Morgan fingerprint density at radius 1 is 1.29 bits per heavy atom. The Balaban J connectivity index is 2.04. The van der Waals surface area contributed by atoms with E-state index >= 15 is 0 Å². The van der Waals surface area contributed by atoms with Gasteiger partial charge in [0.2, 0.25) is 0 Å². The summed E-state index contributed by atoms with van der Waals surface area (Å²) in [6, 6.07) is 6.45. The van der Waals surface area contributed by atoms with Gasteiger partial charge in [0, 0.05) is 0 Å². The van der Waals surface area contributed by atoms with Crippen LogP contribution >= 0.6 is 0 Å². The van der Waals surface area contributed by atoms with Crippen molar-refractivity contribution in [1.29, 1.82) is 0 Å². The number of ether oxygens (including phenoxy) is 1. The fourth-order valence-corrected chi connectivity index (χ4v) is 3.13. The SMILES string of the molecule is CCCNCC1CCCC1c1cccc(OC(F)(F)F)c1. The van der Waals surface area contributed by atoms with E-state index < -0.39 is 6.36 Å². The molecule has 0 saturated heterocycles. The molecule has 5 heteroatoms. The normalized spacial score (nSPS) is 22.5. The van der Waals surface area contributed by atoms with Gasteiger partial charge in [0.15, 0.2) is 0 Å². The summed E-state index contributed by atoms with van der Waals surface area (Å²) >= 11 is 0. The molecule has 0 spiro atoms. The van der Waals surface area contributed by atoms with E-state index in [9.17, 15) is 13.2 Å². The molecule has 0 amide bonds. The predicted octanol–water partition coefficient (Wildman–Crippen LogP) is 4.47. The van der Waals surface area contributed by atoms with Crippen LogP contribution in [0.15, 0.2) is 24.3 Å². The smallest absolute Gasteiger partial charge is 0.406 e. The fraction of sp³-hybridized carbons (Fsp3) is 0.625. The van der Waals surface area contributed by atoms with E-state index in [2.05, 4.69) is 17.0 Å². The van der Waals surface area contributed by atoms with Gasteiger partial charge in [-0.3, -0.25) is 0 Å². The Bertz CT molecular complexity index is 447. The third kappa shape index (κ3) is 4.92. The molecule has 2 nitrogen and oxygen atoms in total. The third-order valence-electron chi connectivity index (χ3n) is 4.01. The summed E-state index contributed by atoms with van der Waals surface area (Å²) in [6.45, 7) is 4.04. The molecule has 118 valence electrons. The van der Waals surface area contributed by atoms with Crippen LogP contribution in [0.2, 0.25) is 0 Å². The van der Waals surface area contributed by atoms with Gasteiger partial charge in [-0.25, -0.2) is 0 Å². The third-order valence-corrected chi connectivity index (χ3v) is 4.01. The second-order valence-electron chi connectivity index (χ2n) is 5.62. The summed E-state index contributed by atoms with van der Waals surface area (Å²) in [4.78, 5) is 0. The van der Waals surface area contributed by atoms with Crippen molar-refractivity contribution in [2.75, 3.05) is 13.1 Å². The first kappa shape index (κ1) is 16.1. The first-order valence-corrected chi connectivity index (χ1v) is 7.56. The van der Waals surface area contributed by atoms with Crippen molar-refractivity contribution in [2.24, 2.45) is 5.92 Å². The highest BCUT2D eigenvalue weighted by atomic mass is 19.4. The van der Waals surface area contributed by atoms with Gasteiger partial charge in [-0.1, -0.05) is 25.5 Å². The predicted molar refractivity (Wildman–Crippen MR) is 76.4 cm³/mol. The van der Waals surface area contributed by atoms with Crippen LogP contribution in [0.5, 0.6) is 5.75 Å². The Labute approximate surface area is 123 Å². The van der Waals surface area contributed by atoms with Gasteiger partial charge in [-0.05, 0) is 61.9 Å². The Hall–Kier alpha value is -1.23. The van der Waals surface area contributed by atoms with Gasteiger partial charge in [-0.15, -0.1) is 13.2 Å². The van der Waals surface area contributed by atoms with E-state index in [1.54, 1.807) is 6.07 Å². The van der Waals surface area contributed by atoms with E-state index in [4.69, 9.17) is 0 Å². The van der Waals surface area contributed by atoms with Crippen LogP contribution in [-0.4, -0.2) is 19.5 Å². The van der Waals surface area contributed by atoms with Crippen LogP contribution in [0.4, 0.5) is 13.2 Å². The Morgan fingerprint density at radius 2 is 2.10 bits per heavy atom. The van der Waals surface area contributed by atoms with E-state index in [1.165, 1.54) is 12.1 Å². The zero-order valence-corrected chi connectivity index (χ0v) is 12.2. The van der Waals surface area contributed by atoms with E-state index in [-0.39, 0.29) is 5.75 Å². The second kappa shape index (κ2) is 7.16. The summed E-state index contributed by atoms with van der Waals surface area (Å²) in [6.07, 6.45) is -0.240. The van der Waals surface area contributed by atoms with Crippen molar-refractivity contribution in [3.8, 4) is 5.75 Å². The van der Waals surface area contributed by atoms with E-state index in [0.717, 1.165) is 44.3 Å². The fourth-order valence-electron chi connectivity index (χ4n) is 3.13. The number of halogens is 3. The average molecular weight is 301 g/mol. The molecule has 1 aromatic rings. The van der Waals surface area contributed by atoms with Crippen LogP contribution in [0.3, 0.4) is 0 Å². The Morgan fingerprint density at radius 3 is 2.81 bits per heavy atom. The molecule has 0 bridgehead atoms. The van der Waals surface area contributed by atoms with Gasteiger partial charge < -0.3 is 10.1 Å². The number of benzene rings is 1. The lowest BCUT2D eigenvalue weighted by molar-refractivity contribution is -0.274. The second-order valence-corrected chi connectivity index (χ2v) is 5.62. The highest BCUT2D eigenvalue weighted by Gasteiger charge is 2.32. The number of rotatable bonds is 6. The lowest BCUT2D eigenvalue weighted by Gasteiger charge is -2.21.